The zero-order chi connectivity index (χ0) is 49.8. The smallest absolute Gasteiger partial charge is 0.550 e. The second kappa shape index (κ2) is 29.6. The monoisotopic (exact) mass is 1050 g/mol. The Hall–Kier alpha value is -4.64. The summed E-state index contributed by atoms with van der Waals surface area (Å²) in [5.74, 6) is -4.28. The number of aromatic nitrogens is 4. The first-order valence-electron chi connectivity index (χ1n) is 20.3. The number of nitrogens with zero attached hydrogens (tertiary/aromatic N) is 6. The number of aliphatic hydroxyl groups is 4. The van der Waals surface area contributed by atoms with Crippen LogP contribution < -0.4 is 18.8 Å². The Balaban J connectivity index is 0. The molecule has 4 aromatic rings. The SMILES string of the molecule is CC(C)c1nc(N(C)S(C)(=O)=O)nc(-c2ccc(F)cc2)c1/C=C/[C@@H](O)C[C@@H](O)CC(=O)[O-].CC(C)c1nc(N(C)S(C)(=O)=O)nc(-c2ccc(F)cc2)c1/C=C/[C@@H](O)C[C@@H](O)CC(=O)[O-].O.O.O.[Ca+2]. The number of benzene rings is 2. The molecule has 21 nitrogen and oxygen atoms in total. The van der Waals surface area contributed by atoms with E-state index in [4.69, 9.17) is 0 Å². The first-order chi connectivity index (χ1) is 30.6. The van der Waals surface area contributed by atoms with Crippen molar-refractivity contribution >= 4 is 93.8 Å². The molecule has 0 fully saturated rings. The Labute approximate surface area is 435 Å². The standard InChI is InChI=1S/2C22H28FN3O6S.Ca.3H2O/c2*1-13(2)20-18(10-9-16(27)11-17(28)12-19(29)30)21(14-5-7-15(23)8-6-14)25-22(24-20)26(3)33(4,31)32;;;;/h2*5-10,13,16-17,27-28H,11-12H2,1-4H3,(H,29,30);;3*1H2/q;;+2;;;/p-2/b2*10-9+;;;;/t2*16-,17-;;;;/m11..../s1. The Kier molecular flexibility index (Phi) is 28.6. The van der Waals surface area contributed by atoms with Gasteiger partial charge in [0.25, 0.3) is 0 Å². The van der Waals surface area contributed by atoms with Crippen molar-refractivity contribution in [1.29, 1.82) is 0 Å². The molecule has 10 N–H and O–H groups in total. The van der Waals surface area contributed by atoms with Crippen LogP contribution in [0.3, 0.4) is 0 Å². The summed E-state index contributed by atoms with van der Waals surface area (Å²) in [4.78, 5) is 38.9. The molecule has 4 rings (SSSR count). The van der Waals surface area contributed by atoms with Gasteiger partial charge in [0.05, 0.1) is 59.7 Å². The maximum atomic E-state index is 13.5. The van der Waals surface area contributed by atoms with E-state index in [1.807, 2.05) is 27.7 Å². The minimum atomic E-state index is -3.66. The summed E-state index contributed by atoms with van der Waals surface area (Å²) in [5, 5.41) is 61.1. The van der Waals surface area contributed by atoms with Gasteiger partial charge in [-0.1, -0.05) is 52.0 Å². The van der Waals surface area contributed by atoms with E-state index in [2.05, 4.69) is 19.9 Å². The maximum absolute atomic E-state index is 13.5. The van der Waals surface area contributed by atoms with Crippen LogP contribution in [0, 0.1) is 11.6 Å². The van der Waals surface area contributed by atoms with Crippen molar-refractivity contribution < 1.29 is 82.3 Å². The van der Waals surface area contributed by atoms with Crippen molar-refractivity contribution in [3.8, 4) is 22.5 Å². The fraction of sp³-hybridized carbons (Fsp3) is 0.409. The quantitative estimate of drug-likeness (QED) is 0.0794. The largest absolute Gasteiger partial charge is 2.00 e. The van der Waals surface area contributed by atoms with Crippen LogP contribution in [0.4, 0.5) is 20.7 Å². The number of aliphatic hydroxyl groups excluding tert-OH is 4. The van der Waals surface area contributed by atoms with E-state index in [1.165, 1.54) is 86.9 Å². The third-order valence-electron chi connectivity index (χ3n) is 9.62. The van der Waals surface area contributed by atoms with Crippen LogP contribution in [0.2, 0.25) is 0 Å². The topological polar surface area (TPSA) is 382 Å². The molecule has 0 aliphatic carbocycles. The number of carboxylic acid groups (broad SMARTS) is 2. The summed E-state index contributed by atoms with van der Waals surface area (Å²) in [6.45, 7) is 7.38. The Bertz CT molecular complexity index is 2430. The molecule has 2 heterocycles. The van der Waals surface area contributed by atoms with Crippen LogP contribution in [-0.4, -0.2) is 174 Å². The molecule has 0 saturated heterocycles. The van der Waals surface area contributed by atoms with Crippen molar-refractivity contribution in [2.75, 3.05) is 35.2 Å². The number of carboxylic acids is 2. The minimum absolute atomic E-state index is 0. The van der Waals surface area contributed by atoms with E-state index < -0.39 is 80.9 Å². The van der Waals surface area contributed by atoms with Gasteiger partial charge in [-0.2, -0.15) is 0 Å². The number of carbonyl (C=O) groups excluding carboxylic acids is 2. The second-order valence-electron chi connectivity index (χ2n) is 15.9. The first-order valence-corrected chi connectivity index (χ1v) is 24.0. The van der Waals surface area contributed by atoms with Crippen molar-refractivity contribution in [2.24, 2.45) is 0 Å². The van der Waals surface area contributed by atoms with Gasteiger partial charge in [0.15, 0.2) is 0 Å². The third kappa shape index (κ3) is 20.6. The van der Waals surface area contributed by atoms with Crippen LogP contribution in [0.25, 0.3) is 34.7 Å². The number of sulfonamides is 2. The molecule has 0 amide bonds. The predicted molar refractivity (Wildman–Crippen MR) is 257 cm³/mol. The maximum Gasteiger partial charge on any atom is 2.00 e. The Morgan fingerprint density at radius 1 is 0.600 bits per heavy atom. The molecular formula is C44H60CaF2N6O15S2. The van der Waals surface area contributed by atoms with Crippen molar-refractivity contribution in [3.05, 3.63) is 94.8 Å². The molecule has 0 aliphatic heterocycles. The zero-order valence-electron chi connectivity index (χ0n) is 39.7. The summed E-state index contributed by atoms with van der Waals surface area (Å²) >= 11 is 0. The van der Waals surface area contributed by atoms with Gasteiger partial charge < -0.3 is 56.7 Å². The van der Waals surface area contributed by atoms with Crippen LogP contribution in [0.5, 0.6) is 0 Å². The van der Waals surface area contributed by atoms with E-state index >= 15 is 0 Å². The molecule has 2 aromatic carbocycles. The summed E-state index contributed by atoms with van der Waals surface area (Å²) < 4.78 is 77.1. The fourth-order valence-corrected chi connectivity index (χ4v) is 6.83. The summed E-state index contributed by atoms with van der Waals surface area (Å²) in [6.07, 6.45) is 1.16. The van der Waals surface area contributed by atoms with Crippen molar-refractivity contribution in [1.82, 2.24) is 19.9 Å². The third-order valence-corrected chi connectivity index (χ3v) is 11.9. The number of carbonyl (C=O) groups is 2. The van der Waals surface area contributed by atoms with E-state index in [0.29, 0.717) is 45.0 Å². The zero-order valence-corrected chi connectivity index (χ0v) is 43.6. The average molecular weight is 1060 g/mol. The molecule has 4 atom stereocenters. The minimum Gasteiger partial charge on any atom is -0.550 e. The van der Waals surface area contributed by atoms with Crippen molar-refractivity contribution in [2.45, 2.75) is 89.6 Å². The molecule has 384 valence electrons. The summed E-state index contributed by atoms with van der Waals surface area (Å²) in [5.41, 5.74) is 3.52. The van der Waals surface area contributed by atoms with E-state index in [0.717, 1.165) is 21.1 Å². The molecule has 0 bridgehead atoms. The number of hydrogen-bond donors (Lipinski definition) is 4. The average Bonchev–Trinajstić information content (AvgIpc) is 3.20. The molecule has 26 heteroatoms. The van der Waals surface area contributed by atoms with Gasteiger partial charge >= 0.3 is 37.7 Å². The number of rotatable bonds is 20. The molecule has 0 saturated carbocycles. The molecule has 2 aromatic heterocycles. The molecular weight excluding hydrogens is 995 g/mol. The van der Waals surface area contributed by atoms with E-state index in [9.17, 15) is 65.8 Å². The molecule has 0 spiro atoms. The van der Waals surface area contributed by atoms with E-state index in [-0.39, 0.29) is 90.7 Å². The van der Waals surface area contributed by atoms with Crippen LogP contribution in [0.1, 0.15) is 87.7 Å². The molecule has 0 radical (unpaired) electrons. The Morgan fingerprint density at radius 3 is 1.13 bits per heavy atom. The molecule has 70 heavy (non-hydrogen) atoms. The normalized spacial score (nSPS) is 13.1. The van der Waals surface area contributed by atoms with Crippen LogP contribution in [-0.2, 0) is 29.6 Å². The first kappa shape index (κ1) is 67.4. The van der Waals surface area contributed by atoms with Gasteiger partial charge in [-0.05, 0) is 60.4 Å². The predicted octanol–water partition coefficient (Wildman–Crippen LogP) is -0.721. The number of aliphatic carboxylic acids is 2. The Morgan fingerprint density at radius 2 is 0.886 bits per heavy atom. The van der Waals surface area contributed by atoms with Crippen molar-refractivity contribution in [3.63, 3.8) is 0 Å². The van der Waals surface area contributed by atoms with Crippen LogP contribution in [0.15, 0.2) is 60.7 Å². The van der Waals surface area contributed by atoms with Gasteiger partial charge in [0.1, 0.15) is 11.6 Å². The molecule has 0 aliphatic rings. The summed E-state index contributed by atoms with van der Waals surface area (Å²) in [6, 6.07) is 10.9. The van der Waals surface area contributed by atoms with Gasteiger partial charge in [-0.25, -0.2) is 54.2 Å². The van der Waals surface area contributed by atoms with Gasteiger partial charge in [0, 0.05) is 74.0 Å². The fourth-order valence-electron chi connectivity index (χ4n) is 6.07. The number of anilines is 2. The van der Waals surface area contributed by atoms with Gasteiger partial charge in [0.2, 0.25) is 31.9 Å². The van der Waals surface area contributed by atoms with Crippen LogP contribution >= 0.6 is 0 Å². The number of halogens is 2. The molecule has 0 unspecified atom stereocenters. The second-order valence-corrected chi connectivity index (χ2v) is 19.9. The van der Waals surface area contributed by atoms with Gasteiger partial charge in [-0.3, -0.25) is 0 Å². The van der Waals surface area contributed by atoms with E-state index in [1.54, 1.807) is 0 Å². The van der Waals surface area contributed by atoms with Gasteiger partial charge in [-0.15, -0.1) is 0 Å². The number of hydrogen-bond acceptors (Lipinski definition) is 16. The summed E-state index contributed by atoms with van der Waals surface area (Å²) in [7, 11) is -4.67.